The van der Waals surface area contributed by atoms with Crippen molar-refractivity contribution in [1.82, 2.24) is 0 Å². The molecule has 0 aliphatic heterocycles. The Bertz CT molecular complexity index is 599. The van der Waals surface area contributed by atoms with Crippen LogP contribution >= 0.6 is 0 Å². The van der Waals surface area contributed by atoms with Gasteiger partial charge >= 0.3 is 0 Å². The van der Waals surface area contributed by atoms with E-state index in [4.69, 9.17) is 10.5 Å². The zero-order chi connectivity index (χ0) is 15.4. The molecule has 0 radical (unpaired) electrons. The first kappa shape index (κ1) is 14.2. The molecule has 3 rings (SSSR count). The van der Waals surface area contributed by atoms with E-state index in [2.05, 4.69) is 20.8 Å². The molecule has 2 fully saturated rings. The molecule has 0 saturated heterocycles. The number of hydrogen-bond donors (Lipinski definition) is 1. The number of benzene rings is 1. The molecule has 0 aromatic heterocycles. The van der Waals surface area contributed by atoms with E-state index in [1.807, 2.05) is 0 Å². The second kappa shape index (κ2) is 4.36. The molecule has 1 aromatic carbocycles. The van der Waals surface area contributed by atoms with Gasteiger partial charge in [0.2, 0.25) is 0 Å². The molecular weight excluding hydrogens is 268 g/mol. The summed E-state index contributed by atoms with van der Waals surface area (Å²) in [6.07, 6.45) is 3.53. The van der Waals surface area contributed by atoms with E-state index in [-0.39, 0.29) is 22.6 Å². The topological polar surface area (TPSA) is 78.4 Å². The van der Waals surface area contributed by atoms with Crippen LogP contribution in [0.2, 0.25) is 0 Å². The number of nitrogens with two attached hydrogens (primary N) is 1. The first-order valence-corrected chi connectivity index (χ1v) is 7.45. The number of nitrogens with zero attached hydrogens (tertiary/aromatic N) is 1. The molecule has 2 bridgehead atoms. The molecule has 5 heteroatoms. The van der Waals surface area contributed by atoms with Gasteiger partial charge in [0.25, 0.3) is 5.69 Å². The van der Waals surface area contributed by atoms with Gasteiger partial charge in [-0.25, -0.2) is 0 Å². The van der Waals surface area contributed by atoms with Crippen LogP contribution in [-0.4, -0.2) is 11.0 Å². The Hall–Kier alpha value is -1.78. The normalized spacial score (nSPS) is 33.1. The summed E-state index contributed by atoms with van der Waals surface area (Å²) >= 11 is 0. The lowest BCUT2D eigenvalue weighted by Gasteiger charge is -2.38. The SMILES string of the molecule is CC1(C)C2CCC1(C)C(Oc1cc(N)cc([N+](=O)[O-])c1)C2. The van der Waals surface area contributed by atoms with Crippen molar-refractivity contribution in [2.24, 2.45) is 16.7 Å². The average Bonchev–Trinajstić information content (AvgIpc) is 2.71. The van der Waals surface area contributed by atoms with Crippen molar-refractivity contribution < 1.29 is 9.66 Å². The highest BCUT2D eigenvalue weighted by molar-refractivity contribution is 5.53. The summed E-state index contributed by atoms with van der Waals surface area (Å²) in [7, 11) is 0. The standard InChI is InChI=1S/C16H22N2O3/c1-15(2)10-4-5-16(15,3)14(6-10)21-13-8-11(17)7-12(9-13)18(19)20/h7-10,14H,4-6,17H2,1-3H3. The molecule has 2 aliphatic rings. The summed E-state index contributed by atoms with van der Waals surface area (Å²) in [5, 5.41) is 10.9. The number of rotatable bonds is 3. The summed E-state index contributed by atoms with van der Waals surface area (Å²) in [4.78, 5) is 10.5. The third-order valence-corrected chi connectivity index (χ3v) is 6.12. The maximum absolute atomic E-state index is 10.9. The number of anilines is 1. The maximum Gasteiger partial charge on any atom is 0.275 e. The zero-order valence-corrected chi connectivity index (χ0v) is 12.8. The van der Waals surface area contributed by atoms with E-state index in [0.717, 1.165) is 12.8 Å². The van der Waals surface area contributed by atoms with E-state index >= 15 is 0 Å². The smallest absolute Gasteiger partial charge is 0.275 e. The van der Waals surface area contributed by atoms with E-state index < -0.39 is 4.92 Å². The fourth-order valence-corrected chi connectivity index (χ4v) is 4.25. The Balaban J connectivity index is 1.87. The van der Waals surface area contributed by atoms with Gasteiger partial charge in [-0.2, -0.15) is 0 Å². The monoisotopic (exact) mass is 290 g/mol. The third-order valence-electron chi connectivity index (χ3n) is 6.12. The minimum Gasteiger partial charge on any atom is -0.489 e. The number of nitrogen functional groups attached to an aromatic ring is 1. The van der Waals surface area contributed by atoms with Crippen molar-refractivity contribution in [3.63, 3.8) is 0 Å². The molecule has 0 spiro atoms. The predicted molar refractivity (Wildman–Crippen MR) is 81.2 cm³/mol. The molecule has 1 aromatic rings. The van der Waals surface area contributed by atoms with Crippen LogP contribution in [0.5, 0.6) is 5.75 Å². The second-order valence-corrected chi connectivity index (χ2v) is 7.23. The number of ether oxygens (including phenoxy) is 1. The predicted octanol–water partition coefficient (Wildman–Crippen LogP) is 3.77. The van der Waals surface area contributed by atoms with Gasteiger partial charge < -0.3 is 10.5 Å². The van der Waals surface area contributed by atoms with Crippen molar-refractivity contribution in [2.45, 2.75) is 46.1 Å². The minimum absolute atomic E-state index is 0.0161. The Kier molecular flexibility index (Phi) is 2.94. The van der Waals surface area contributed by atoms with Crippen LogP contribution in [0.25, 0.3) is 0 Å². The van der Waals surface area contributed by atoms with Crippen molar-refractivity contribution in [2.75, 3.05) is 5.73 Å². The number of non-ortho nitro benzene ring substituents is 1. The third kappa shape index (κ3) is 1.98. The van der Waals surface area contributed by atoms with Crippen molar-refractivity contribution in [3.8, 4) is 5.75 Å². The van der Waals surface area contributed by atoms with Crippen LogP contribution in [0, 0.1) is 26.9 Å². The molecule has 0 amide bonds. The van der Waals surface area contributed by atoms with Gasteiger partial charge in [0.1, 0.15) is 11.9 Å². The van der Waals surface area contributed by atoms with E-state index in [0.29, 0.717) is 17.4 Å². The van der Waals surface area contributed by atoms with Crippen LogP contribution in [0.4, 0.5) is 11.4 Å². The number of nitro benzene ring substituents is 1. The second-order valence-electron chi connectivity index (χ2n) is 7.23. The van der Waals surface area contributed by atoms with Gasteiger partial charge in [-0.3, -0.25) is 10.1 Å². The van der Waals surface area contributed by atoms with Crippen molar-refractivity contribution in [1.29, 1.82) is 0 Å². The van der Waals surface area contributed by atoms with Crippen molar-refractivity contribution >= 4 is 11.4 Å². The van der Waals surface area contributed by atoms with Gasteiger partial charge in [-0.05, 0) is 30.6 Å². The molecule has 0 heterocycles. The Morgan fingerprint density at radius 2 is 2.05 bits per heavy atom. The quantitative estimate of drug-likeness (QED) is 0.522. The molecule has 114 valence electrons. The first-order chi connectivity index (χ1) is 9.74. The van der Waals surface area contributed by atoms with E-state index in [1.165, 1.54) is 18.6 Å². The Morgan fingerprint density at radius 1 is 1.33 bits per heavy atom. The molecule has 2 N–H and O–H groups in total. The molecule has 5 nitrogen and oxygen atoms in total. The van der Waals surface area contributed by atoms with Crippen LogP contribution in [0.1, 0.15) is 40.0 Å². The van der Waals surface area contributed by atoms with Crippen LogP contribution in [-0.2, 0) is 0 Å². The number of hydrogen-bond acceptors (Lipinski definition) is 4. The largest absolute Gasteiger partial charge is 0.489 e. The fraction of sp³-hybridized carbons (Fsp3) is 0.625. The maximum atomic E-state index is 10.9. The van der Waals surface area contributed by atoms with Crippen LogP contribution in [0.3, 0.4) is 0 Å². The summed E-state index contributed by atoms with van der Waals surface area (Å²) in [6, 6.07) is 4.51. The summed E-state index contributed by atoms with van der Waals surface area (Å²) < 4.78 is 6.14. The molecular formula is C16H22N2O3. The van der Waals surface area contributed by atoms with E-state index in [9.17, 15) is 10.1 Å². The average molecular weight is 290 g/mol. The highest BCUT2D eigenvalue weighted by atomic mass is 16.6. The van der Waals surface area contributed by atoms with Gasteiger partial charge in [-0.15, -0.1) is 0 Å². The van der Waals surface area contributed by atoms with Gasteiger partial charge in [0.15, 0.2) is 0 Å². The summed E-state index contributed by atoms with van der Waals surface area (Å²) in [5.74, 6) is 1.18. The Morgan fingerprint density at radius 3 is 2.57 bits per heavy atom. The van der Waals surface area contributed by atoms with Gasteiger partial charge in [0.05, 0.1) is 11.0 Å². The number of fused-ring (bicyclic) bond motifs is 2. The molecule has 3 atom stereocenters. The molecule has 3 unspecified atom stereocenters. The highest BCUT2D eigenvalue weighted by Gasteiger charge is 2.62. The van der Waals surface area contributed by atoms with E-state index in [1.54, 1.807) is 6.07 Å². The molecule has 2 aliphatic carbocycles. The minimum atomic E-state index is -0.435. The Labute approximate surface area is 124 Å². The summed E-state index contributed by atoms with van der Waals surface area (Å²) in [5.41, 5.74) is 6.48. The fourth-order valence-electron chi connectivity index (χ4n) is 4.25. The number of nitro groups is 1. The van der Waals surface area contributed by atoms with Crippen molar-refractivity contribution in [3.05, 3.63) is 28.3 Å². The zero-order valence-electron chi connectivity index (χ0n) is 12.8. The lowest BCUT2D eigenvalue weighted by Crippen LogP contribution is -2.38. The lowest BCUT2D eigenvalue weighted by molar-refractivity contribution is -0.384. The van der Waals surface area contributed by atoms with Gasteiger partial charge in [0, 0.05) is 23.2 Å². The molecule has 21 heavy (non-hydrogen) atoms. The molecule has 2 saturated carbocycles. The lowest BCUT2D eigenvalue weighted by atomic mass is 9.70. The summed E-state index contributed by atoms with van der Waals surface area (Å²) in [6.45, 7) is 6.91. The van der Waals surface area contributed by atoms with Gasteiger partial charge in [-0.1, -0.05) is 20.8 Å². The van der Waals surface area contributed by atoms with Crippen LogP contribution < -0.4 is 10.5 Å². The highest BCUT2D eigenvalue weighted by Crippen LogP contribution is 2.66. The first-order valence-electron chi connectivity index (χ1n) is 7.45. The van der Waals surface area contributed by atoms with Crippen LogP contribution in [0.15, 0.2) is 18.2 Å².